The molecule has 1 unspecified atom stereocenters. The normalized spacial score (nSPS) is 19.0. The van der Waals surface area contributed by atoms with Gasteiger partial charge in [0.25, 0.3) is 0 Å². The van der Waals surface area contributed by atoms with Crippen LogP contribution in [-0.2, 0) is 4.74 Å². The van der Waals surface area contributed by atoms with E-state index in [0.29, 0.717) is 6.04 Å². The summed E-state index contributed by atoms with van der Waals surface area (Å²) in [7, 11) is 3.62. The monoisotopic (exact) mass is 426 g/mol. The van der Waals surface area contributed by atoms with Crippen LogP contribution >= 0.6 is 24.0 Å². The number of methoxy groups -OCH3 is 1. The number of guanidine groups is 1. The summed E-state index contributed by atoms with van der Waals surface area (Å²) in [6.45, 7) is 7.27. The first-order chi connectivity index (χ1) is 10.3. The van der Waals surface area contributed by atoms with Crippen molar-refractivity contribution in [2.45, 2.75) is 51.5 Å². The van der Waals surface area contributed by atoms with Gasteiger partial charge in [0.2, 0.25) is 0 Å². The smallest absolute Gasteiger partial charge is 0.191 e. The van der Waals surface area contributed by atoms with Gasteiger partial charge in [0.15, 0.2) is 5.96 Å². The first-order valence-electron chi connectivity index (χ1n) is 8.49. The van der Waals surface area contributed by atoms with Crippen LogP contribution in [0.15, 0.2) is 4.99 Å². The number of nitrogens with one attached hydrogen (secondary N) is 2. The van der Waals surface area contributed by atoms with Gasteiger partial charge in [0.1, 0.15) is 0 Å². The Morgan fingerprint density at radius 1 is 1.27 bits per heavy atom. The number of nitrogens with zero attached hydrogens (tertiary/aromatic N) is 2. The van der Waals surface area contributed by atoms with E-state index in [4.69, 9.17) is 4.74 Å². The predicted molar refractivity (Wildman–Crippen MR) is 105 cm³/mol. The minimum absolute atomic E-state index is 0. The first kappa shape index (κ1) is 21.9. The molecular formula is C16H35IN4O. The Labute approximate surface area is 153 Å². The molecule has 0 aromatic rings. The van der Waals surface area contributed by atoms with Crippen molar-refractivity contribution in [2.75, 3.05) is 46.9 Å². The molecule has 0 radical (unpaired) electrons. The number of aliphatic imine (C=N–C) groups is 1. The molecule has 22 heavy (non-hydrogen) atoms. The highest BCUT2D eigenvalue weighted by Crippen LogP contribution is 2.15. The van der Waals surface area contributed by atoms with Crippen molar-refractivity contribution in [2.24, 2.45) is 4.99 Å². The molecular weight excluding hydrogens is 391 g/mol. The van der Waals surface area contributed by atoms with Crippen molar-refractivity contribution in [3.05, 3.63) is 0 Å². The zero-order valence-electron chi connectivity index (χ0n) is 14.6. The molecule has 1 heterocycles. The van der Waals surface area contributed by atoms with Crippen LogP contribution in [0.25, 0.3) is 0 Å². The summed E-state index contributed by atoms with van der Waals surface area (Å²) in [6, 6.07) is 0.610. The fraction of sp³-hybridized carbons (Fsp3) is 0.938. The van der Waals surface area contributed by atoms with Gasteiger partial charge in [-0.25, -0.2) is 0 Å². The summed E-state index contributed by atoms with van der Waals surface area (Å²) in [6.07, 6.45) is 7.69. The Morgan fingerprint density at radius 3 is 2.77 bits per heavy atom. The molecule has 0 saturated carbocycles. The maximum atomic E-state index is 5.19. The standard InChI is InChI=1S/C16H34N4O.HI/c1-4-5-6-7-10-18-16(17-2)19-14-15-9-8-11-20(15)12-13-21-3;/h15H,4-14H2,1-3H3,(H2,17,18,19);1H. The topological polar surface area (TPSA) is 48.9 Å². The van der Waals surface area contributed by atoms with Crippen LogP contribution in [0.3, 0.4) is 0 Å². The van der Waals surface area contributed by atoms with Crippen LogP contribution in [0.4, 0.5) is 0 Å². The lowest BCUT2D eigenvalue weighted by Gasteiger charge is -2.25. The Bertz CT molecular complexity index is 289. The van der Waals surface area contributed by atoms with Gasteiger partial charge in [0.05, 0.1) is 6.61 Å². The third-order valence-electron chi connectivity index (χ3n) is 4.13. The molecule has 1 aliphatic heterocycles. The summed E-state index contributed by atoms with van der Waals surface area (Å²) in [5, 5.41) is 6.87. The molecule has 1 atom stereocenters. The Morgan fingerprint density at radius 2 is 2.09 bits per heavy atom. The van der Waals surface area contributed by atoms with Crippen LogP contribution in [0.2, 0.25) is 0 Å². The van der Waals surface area contributed by atoms with Gasteiger partial charge in [-0.3, -0.25) is 9.89 Å². The number of ether oxygens (including phenoxy) is 1. The van der Waals surface area contributed by atoms with Crippen LogP contribution in [0.5, 0.6) is 0 Å². The molecule has 132 valence electrons. The lowest BCUT2D eigenvalue weighted by atomic mass is 10.2. The Hall–Kier alpha value is -0.0800. The Kier molecular flexibility index (Phi) is 14.5. The summed E-state index contributed by atoms with van der Waals surface area (Å²) in [5.74, 6) is 0.935. The summed E-state index contributed by atoms with van der Waals surface area (Å²) in [5.41, 5.74) is 0. The van der Waals surface area contributed by atoms with Crippen molar-refractivity contribution in [3.63, 3.8) is 0 Å². The second-order valence-electron chi connectivity index (χ2n) is 5.77. The van der Waals surface area contributed by atoms with Gasteiger partial charge < -0.3 is 15.4 Å². The number of hydrogen-bond acceptors (Lipinski definition) is 3. The summed E-state index contributed by atoms with van der Waals surface area (Å²) < 4.78 is 5.19. The summed E-state index contributed by atoms with van der Waals surface area (Å²) in [4.78, 5) is 6.82. The van der Waals surface area contributed by atoms with E-state index in [1.165, 1.54) is 45.1 Å². The quantitative estimate of drug-likeness (QED) is 0.244. The van der Waals surface area contributed by atoms with Gasteiger partial charge in [-0.05, 0) is 25.8 Å². The molecule has 1 saturated heterocycles. The number of unbranched alkanes of at least 4 members (excludes halogenated alkanes) is 3. The molecule has 0 spiro atoms. The maximum Gasteiger partial charge on any atom is 0.191 e. The number of rotatable bonds is 10. The molecule has 2 N–H and O–H groups in total. The lowest BCUT2D eigenvalue weighted by molar-refractivity contribution is 0.141. The number of likely N-dealkylation sites (tertiary alicyclic amines) is 1. The molecule has 0 aromatic heterocycles. The fourth-order valence-corrected chi connectivity index (χ4v) is 2.82. The molecule has 0 bridgehead atoms. The molecule has 1 aliphatic rings. The largest absolute Gasteiger partial charge is 0.383 e. The van der Waals surface area contributed by atoms with E-state index in [1.807, 2.05) is 7.05 Å². The zero-order valence-corrected chi connectivity index (χ0v) is 16.9. The van der Waals surface area contributed by atoms with Crippen LogP contribution < -0.4 is 10.6 Å². The highest BCUT2D eigenvalue weighted by molar-refractivity contribution is 14.0. The van der Waals surface area contributed by atoms with E-state index in [0.717, 1.165) is 32.2 Å². The second-order valence-corrected chi connectivity index (χ2v) is 5.77. The highest BCUT2D eigenvalue weighted by Gasteiger charge is 2.23. The minimum atomic E-state index is 0. The Balaban J connectivity index is 0.00000441. The lowest BCUT2D eigenvalue weighted by Crippen LogP contribution is -2.45. The van der Waals surface area contributed by atoms with Crippen molar-refractivity contribution in [3.8, 4) is 0 Å². The second kappa shape index (κ2) is 14.5. The van der Waals surface area contributed by atoms with Crippen molar-refractivity contribution in [1.82, 2.24) is 15.5 Å². The highest BCUT2D eigenvalue weighted by atomic mass is 127. The van der Waals surface area contributed by atoms with Gasteiger partial charge in [-0.15, -0.1) is 24.0 Å². The van der Waals surface area contributed by atoms with Gasteiger partial charge in [0, 0.05) is 39.8 Å². The van der Waals surface area contributed by atoms with E-state index >= 15 is 0 Å². The average Bonchev–Trinajstić information content (AvgIpc) is 2.95. The zero-order chi connectivity index (χ0) is 15.3. The summed E-state index contributed by atoms with van der Waals surface area (Å²) >= 11 is 0. The van der Waals surface area contributed by atoms with Crippen molar-refractivity contribution < 1.29 is 4.74 Å². The molecule has 1 fully saturated rings. The van der Waals surface area contributed by atoms with E-state index < -0.39 is 0 Å². The molecule has 0 aromatic carbocycles. The van der Waals surface area contributed by atoms with Crippen LogP contribution in [0, 0.1) is 0 Å². The SMILES string of the molecule is CCCCCCNC(=NC)NCC1CCCN1CCOC.I. The van der Waals surface area contributed by atoms with Gasteiger partial charge >= 0.3 is 0 Å². The minimum Gasteiger partial charge on any atom is -0.383 e. The fourth-order valence-electron chi connectivity index (χ4n) is 2.82. The van der Waals surface area contributed by atoms with E-state index in [1.54, 1.807) is 7.11 Å². The van der Waals surface area contributed by atoms with Crippen LogP contribution in [0.1, 0.15) is 45.4 Å². The van der Waals surface area contributed by atoms with E-state index in [9.17, 15) is 0 Å². The first-order valence-corrected chi connectivity index (χ1v) is 8.49. The van der Waals surface area contributed by atoms with Crippen molar-refractivity contribution >= 4 is 29.9 Å². The maximum absolute atomic E-state index is 5.19. The van der Waals surface area contributed by atoms with E-state index in [-0.39, 0.29) is 24.0 Å². The van der Waals surface area contributed by atoms with Crippen LogP contribution in [-0.4, -0.2) is 63.8 Å². The van der Waals surface area contributed by atoms with Crippen molar-refractivity contribution in [1.29, 1.82) is 0 Å². The number of halogens is 1. The van der Waals surface area contributed by atoms with Gasteiger partial charge in [-0.2, -0.15) is 0 Å². The molecule has 1 rings (SSSR count). The van der Waals surface area contributed by atoms with Gasteiger partial charge in [-0.1, -0.05) is 26.2 Å². The molecule has 6 heteroatoms. The third-order valence-corrected chi connectivity index (χ3v) is 4.13. The number of hydrogen-bond donors (Lipinski definition) is 2. The molecule has 0 amide bonds. The molecule has 0 aliphatic carbocycles. The molecule has 5 nitrogen and oxygen atoms in total. The van der Waals surface area contributed by atoms with E-state index in [2.05, 4.69) is 27.4 Å². The predicted octanol–water partition coefficient (Wildman–Crippen LogP) is 2.46. The third kappa shape index (κ3) is 9.15. The average molecular weight is 426 g/mol.